The zero-order valence-corrected chi connectivity index (χ0v) is 11.3. The lowest BCUT2D eigenvalue weighted by Crippen LogP contribution is -2.44. The van der Waals surface area contributed by atoms with Crippen molar-refractivity contribution in [3.05, 3.63) is 0 Å². The molecule has 0 aromatic carbocycles. The molecule has 19 heavy (non-hydrogen) atoms. The third kappa shape index (κ3) is 4.42. The summed E-state index contributed by atoms with van der Waals surface area (Å²) in [5.74, 6) is -1.72. The number of amides is 3. The van der Waals surface area contributed by atoms with Crippen molar-refractivity contribution in [3.63, 3.8) is 0 Å². The van der Waals surface area contributed by atoms with E-state index in [1.165, 1.54) is 4.90 Å². The number of likely N-dealkylation sites (tertiary alicyclic amines) is 1. The Bertz CT molecular complexity index is 359. The minimum absolute atomic E-state index is 0.0721. The van der Waals surface area contributed by atoms with Gasteiger partial charge in [-0.05, 0) is 12.3 Å². The molecule has 1 saturated heterocycles. The number of hydrogen-bond donors (Lipinski definition) is 3. The Labute approximate surface area is 112 Å². The summed E-state index contributed by atoms with van der Waals surface area (Å²) < 4.78 is 0. The van der Waals surface area contributed by atoms with Gasteiger partial charge in [-0.3, -0.25) is 9.59 Å². The number of carbonyl (C=O) groups excluding carboxylic acids is 2. The molecular weight excluding hydrogens is 250 g/mol. The number of hydrogen-bond acceptors (Lipinski definition) is 3. The summed E-state index contributed by atoms with van der Waals surface area (Å²) in [6, 6.07) is -0.387. The molecule has 1 rings (SSSR count). The first kappa shape index (κ1) is 15.3. The van der Waals surface area contributed by atoms with Crippen molar-refractivity contribution in [2.45, 2.75) is 20.3 Å². The lowest BCUT2D eigenvalue weighted by Gasteiger charge is -2.16. The van der Waals surface area contributed by atoms with Crippen molar-refractivity contribution < 1.29 is 19.5 Å². The minimum Gasteiger partial charge on any atom is -0.481 e. The first-order chi connectivity index (χ1) is 8.95. The molecule has 3 N–H and O–H groups in total. The van der Waals surface area contributed by atoms with Crippen LogP contribution in [0.5, 0.6) is 0 Å². The van der Waals surface area contributed by atoms with Crippen molar-refractivity contribution in [3.8, 4) is 0 Å². The van der Waals surface area contributed by atoms with Crippen molar-refractivity contribution in [2.75, 3.05) is 26.2 Å². The van der Waals surface area contributed by atoms with Gasteiger partial charge in [0.25, 0.3) is 0 Å². The standard InChI is InChI=1S/C12H21N3O4/c1-3-4-13-10(16)5-14-12(19)15-6-8(2)9(7-15)11(17)18/h8-9H,3-7H2,1-2H3,(H,13,16)(H,14,19)(H,17,18)/t8-,9-/m1/s1. The van der Waals surface area contributed by atoms with E-state index in [1.807, 2.05) is 6.92 Å². The normalized spacial score (nSPS) is 22.1. The van der Waals surface area contributed by atoms with Gasteiger partial charge in [-0.15, -0.1) is 0 Å². The van der Waals surface area contributed by atoms with Gasteiger partial charge in [-0.2, -0.15) is 0 Å². The fourth-order valence-corrected chi connectivity index (χ4v) is 2.05. The highest BCUT2D eigenvalue weighted by molar-refractivity contribution is 5.84. The highest BCUT2D eigenvalue weighted by Crippen LogP contribution is 2.22. The molecular formula is C12H21N3O4. The number of nitrogens with one attached hydrogen (secondary N) is 2. The predicted molar refractivity (Wildman–Crippen MR) is 68.6 cm³/mol. The maximum atomic E-state index is 11.8. The molecule has 1 heterocycles. The molecule has 0 bridgehead atoms. The van der Waals surface area contributed by atoms with Crippen molar-refractivity contribution >= 4 is 17.9 Å². The van der Waals surface area contributed by atoms with Crippen LogP contribution in [0.25, 0.3) is 0 Å². The minimum atomic E-state index is -0.886. The van der Waals surface area contributed by atoms with E-state index in [1.54, 1.807) is 6.92 Å². The molecule has 0 saturated carbocycles. The Kier molecular flexibility index (Phi) is 5.59. The number of carboxylic acids is 1. The lowest BCUT2D eigenvalue weighted by atomic mass is 9.99. The first-order valence-electron chi connectivity index (χ1n) is 6.48. The Morgan fingerprint density at radius 1 is 1.26 bits per heavy atom. The summed E-state index contributed by atoms with van der Waals surface area (Å²) >= 11 is 0. The van der Waals surface area contributed by atoms with Gasteiger partial charge in [0, 0.05) is 19.6 Å². The number of aliphatic carboxylic acids is 1. The van der Waals surface area contributed by atoms with Gasteiger partial charge in [-0.1, -0.05) is 13.8 Å². The molecule has 1 aliphatic heterocycles. The van der Waals surface area contributed by atoms with Crippen LogP contribution in [0.1, 0.15) is 20.3 Å². The van der Waals surface area contributed by atoms with Crippen LogP contribution in [-0.2, 0) is 9.59 Å². The molecule has 108 valence electrons. The molecule has 7 heteroatoms. The second kappa shape index (κ2) is 6.96. The van der Waals surface area contributed by atoms with Gasteiger partial charge >= 0.3 is 12.0 Å². The number of rotatable bonds is 5. The summed E-state index contributed by atoms with van der Waals surface area (Å²) in [7, 11) is 0. The summed E-state index contributed by atoms with van der Waals surface area (Å²) in [4.78, 5) is 35.5. The molecule has 0 aromatic rings. The van der Waals surface area contributed by atoms with Crippen LogP contribution in [0.3, 0.4) is 0 Å². The van der Waals surface area contributed by atoms with Crippen LogP contribution in [0.4, 0.5) is 4.79 Å². The molecule has 3 amide bonds. The zero-order valence-electron chi connectivity index (χ0n) is 11.3. The van der Waals surface area contributed by atoms with Gasteiger partial charge in [0.05, 0.1) is 12.5 Å². The molecule has 1 fully saturated rings. The van der Waals surface area contributed by atoms with Gasteiger partial charge in [-0.25, -0.2) is 4.79 Å². The Morgan fingerprint density at radius 2 is 1.95 bits per heavy atom. The Balaban J connectivity index is 2.35. The summed E-state index contributed by atoms with van der Waals surface area (Å²) in [5.41, 5.74) is 0. The van der Waals surface area contributed by atoms with Crippen LogP contribution in [0, 0.1) is 11.8 Å². The van der Waals surface area contributed by atoms with Crippen LogP contribution in [0.2, 0.25) is 0 Å². The topological polar surface area (TPSA) is 98.7 Å². The molecule has 1 aliphatic rings. The summed E-state index contributed by atoms with van der Waals surface area (Å²) in [5, 5.41) is 14.1. The van der Waals surface area contributed by atoms with E-state index in [9.17, 15) is 14.4 Å². The second-order valence-corrected chi connectivity index (χ2v) is 4.84. The molecule has 0 radical (unpaired) electrons. The van der Waals surface area contributed by atoms with Gasteiger partial charge in [0.15, 0.2) is 0 Å². The van der Waals surface area contributed by atoms with E-state index in [2.05, 4.69) is 10.6 Å². The average Bonchev–Trinajstić information content (AvgIpc) is 2.75. The molecule has 2 atom stereocenters. The van der Waals surface area contributed by atoms with Crippen LogP contribution in [-0.4, -0.2) is 54.1 Å². The van der Waals surface area contributed by atoms with Gasteiger partial charge in [0.1, 0.15) is 0 Å². The maximum absolute atomic E-state index is 11.8. The lowest BCUT2D eigenvalue weighted by molar-refractivity contribution is -0.142. The predicted octanol–water partition coefficient (Wildman–Crippen LogP) is -0.125. The SMILES string of the molecule is CCCNC(=O)CNC(=O)N1C[C@@H](C)[C@H](C(=O)O)C1. The maximum Gasteiger partial charge on any atom is 0.317 e. The quantitative estimate of drug-likeness (QED) is 0.649. The highest BCUT2D eigenvalue weighted by Gasteiger charge is 2.36. The van der Waals surface area contributed by atoms with Crippen LogP contribution in [0.15, 0.2) is 0 Å². The molecule has 0 aromatic heterocycles. The number of urea groups is 1. The third-order valence-corrected chi connectivity index (χ3v) is 3.19. The molecule has 0 spiro atoms. The largest absolute Gasteiger partial charge is 0.481 e. The fraction of sp³-hybridized carbons (Fsp3) is 0.750. The van der Waals surface area contributed by atoms with Crippen molar-refractivity contribution in [1.82, 2.24) is 15.5 Å². The summed E-state index contributed by atoms with van der Waals surface area (Å²) in [6.45, 7) is 4.84. The monoisotopic (exact) mass is 271 g/mol. The van der Waals surface area contributed by atoms with E-state index in [4.69, 9.17) is 5.11 Å². The van der Waals surface area contributed by atoms with Gasteiger partial charge in [0.2, 0.25) is 5.91 Å². The summed E-state index contributed by atoms with van der Waals surface area (Å²) in [6.07, 6.45) is 0.837. The molecule has 0 unspecified atom stereocenters. The molecule has 0 aliphatic carbocycles. The van der Waals surface area contributed by atoms with Crippen LogP contribution < -0.4 is 10.6 Å². The zero-order chi connectivity index (χ0) is 14.4. The Hall–Kier alpha value is -1.79. The average molecular weight is 271 g/mol. The van der Waals surface area contributed by atoms with E-state index in [0.717, 1.165) is 6.42 Å². The molecule has 7 nitrogen and oxygen atoms in total. The Morgan fingerprint density at radius 3 is 2.47 bits per heavy atom. The number of nitrogens with zero attached hydrogens (tertiary/aromatic N) is 1. The van der Waals surface area contributed by atoms with Gasteiger partial charge < -0.3 is 20.6 Å². The number of carbonyl (C=O) groups is 3. The third-order valence-electron chi connectivity index (χ3n) is 3.19. The second-order valence-electron chi connectivity index (χ2n) is 4.84. The first-order valence-corrected chi connectivity index (χ1v) is 6.48. The number of carboxylic acid groups (broad SMARTS) is 1. The van der Waals surface area contributed by atoms with E-state index in [0.29, 0.717) is 13.1 Å². The smallest absolute Gasteiger partial charge is 0.317 e. The van der Waals surface area contributed by atoms with E-state index < -0.39 is 11.9 Å². The van der Waals surface area contributed by atoms with Crippen molar-refractivity contribution in [1.29, 1.82) is 0 Å². The highest BCUT2D eigenvalue weighted by atomic mass is 16.4. The fourth-order valence-electron chi connectivity index (χ4n) is 2.05. The van der Waals surface area contributed by atoms with E-state index >= 15 is 0 Å². The van der Waals surface area contributed by atoms with E-state index in [-0.39, 0.29) is 30.9 Å². The van der Waals surface area contributed by atoms with Crippen molar-refractivity contribution in [2.24, 2.45) is 11.8 Å². The van der Waals surface area contributed by atoms with Crippen LogP contribution >= 0.6 is 0 Å².